The molecule has 0 heterocycles. The minimum Gasteiger partial charge on any atom is -0.277 e. The number of nitrogens with one attached hydrogen (secondary N) is 1. The molecular formula is C16H15NO2. The van der Waals surface area contributed by atoms with Crippen LogP contribution in [0.2, 0.25) is 0 Å². The van der Waals surface area contributed by atoms with Crippen molar-refractivity contribution in [2.24, 2.45) is 0 Å². The first-order valence-electron chi connectivity index (χ1n) is 5.96. The summed E-state index contributed by atoms with van der Waals surface area (Å²) in [6.07, 6.45) is 3.19. The highest BCUT2D eigenvalue weighted by atomic mass is 16.6. The Morgan fingerprint density at radius 3 is 2.53 bits per heavy atom. The molecule has 96 valence electrons. The lowest BCUT2D eigenvalue weighted by molar-refractivity contribution is -0.126. The zero-order chi connectivity index (χ0) is 13.5. The molecule has 2 aromatic rings. The Kier molecular flexibility index (Phi) is 4.48. The maximum absolute atomic E-state index is 11.2. The number of carbonyl (C=O) groups excluding carboxylic acids is 1. The van der Waals surface area contributed by atoms with Gasteiger partial charge in [0.05, 0.1) is 7.11 Å². The Labute approximate surface area is 112 Å². The predicted molar refractivity (Wildman–Crippen MR) is 76.1 cm³/mol. The van der Waals surface area contributed by atoms with Gasteiger partial charge in [-0.25, -0.2) is 5.48 Å². The Morgan fingerprint density at radius 2 is 1.79 bits per heavy atom. The number of carbonyl (C=O) groups is 1. The van der Waals surface area contributed by atoms with Crippen LogP contribution in [-0.4, -0.2) is 13.0 Å². The highest BCUT2D eigenvalue weighted by molar-refractivity contribution is 5.91. The van der Waals surface area contributed by atoms with Crippen molar-refractivity contribution in [2.75, 3.05) is 7.11 Å². The summed E-state index contributed by atoms with van der Waals surface area (Å²) in [5.41, 5.74) is 5.47. The van der Waals surface area contributed by atoms with Gasteiger partial charge in [-0.3, -0.25) is 9.63 Å². The molecule has 1 N–H and O–H groups in total. The van der Waals surface area contributed by atoms with Crippen LogP contribution in [0.5, 0.6) is 0 Å². The van der Waals surface area contributed by atoms with Crippen LogP contribution >= 0.6 is 0 Å². The molecule has 0 aromatic heterocycles. The van der Waals surface area contributed by atoms with Crippen molar-refractivity contribution in [1.82, 2.24) is 5.48 Å². The van der Waals surface area contributed by atoms with Crippen LogP contribution in [0.25, 0.3) is 17.2 Å². The van der Waals surface area contributed by atoms with E-state index >= 15 is 0 Å². The van der Waals surface area contributed by atoms with E-state index in [4.69, 9.17) is 0 Å². The smallest absolute Gasteiger partial charge is 0.267 e. The van der Waals surface area contributed by atoms with E-state index in [1.165, 1.54) is 13.2 Å². The van der Waals surface area contributed by atoms with Crippen LogP contribution in [0.15, 0.2) is 60.7 Å². The molecule has 0 spiro atoms. The molecule has 0 aliphatic carbocycles. The molecule has 0 aliphatic rings. The van der Waals surface area contributed by atoms with Crippen molar-refractivity contribution in [3.63, 3.8) is 0 Å². The van der Waals surface area contributed by atoms with Crippen molar-refractivity contribution in [3.05, 3.63) is 66.2 Å². The number of amides is 1. The van der Waals surface area contributed by atoms with E-state index in [0.29, 0.717) is 0 Å². The van der Waals surface area contributed by atoms with Gasteiger partial charge in [0.25, 0.3) is 5.91 Å². The Balaban J connectivity index is 2.18. The van der Waals surface area contributed by atoms with E-state index < -0.39 is 0 Å². The first-order valence-corrected chi connectivity index (χ1v) is 5.96. The second-order valence-corrected chi connectivity index (χ2v) is 4.00. The minimum atomic E-state index is -0.285. The standard InChI is InChI=1S/C16H15NO2/c1-19-17-16(18)11-10-13-6-5-9-15(12-13)14-7-3-2-4-8-14/h2-12H,1H3,(H,17,18)/b11-10+. The molecule has 0 bridgehead atoms. The third kappa shape index (κ3) is 3.79. The van der Waals surface area contributed by atoms with Crippen LogP contribution in [0.1, 0.15) is 5.56 Å². The third-order valence-corrected chi connectivity index (χ3v) is 2.62. The fourth-order valence-corrected chi connectivity index (χ4v) is 1.76. The van der Waals surface area contributed by atoms with Gasteiger partial charge in [-0.2, -0.15) is 0 Å². The first-order chi connectivity index (χ1) is 9.29. The predicted octanol–water partition coefficient (Wildman–Crippen LogP) is 3.04. The van der Waals surface area contributed by atoms with Crippen molar-refractivity contribution in [3.8, 4) is 11.1 Å². The summed E-state index contributed by atoms with van der Waals surface area (Å²) < 4.78 is 0. The molecule has 0 radical (unpaired) electrons. The molecule has 0 saturated heterocycles. The minimum absolute atomic E-state index is 0.285. The maximum atomic E-state index is 11.2. The third-order valence-electron chi connectivity index (χ3n) is 2.62. The lowest BCUT2D eigenvalue weighted by atomic mass is 10.0. The first kappa shape index (κ1) is 13.1. The van der Waals surface area contributed by atoms with Gasteiger partial charge in [0.2, 0.25) is 0 Å². The summed E-state index contributed by atoms with van der Waals surface area (Å²) in [6, 6.07) is 18.1. The average Bonchev–Trinajstić information content (AvgIpc) is 2.47. The molecule has 3 nitrogen and oxygen atoms in total. The van der Waals surface area contributed by atoms with Gasteiger partial charge in [-0.1, -0.05) is 48.5 Å². The molecule has 0 aliphatic heterocycles. The highest BCUT2D eigenvalue weighted by Crippen LogP contribution is 2.20. The topological polar surface area (TPSA) is 38.3 Å². The zero-order valence-corrected chi connectivity index (χ0v) is 10.7. The van der Waals surface area contributed by atoms with Crippen LogP contribution in [0.3, 0.4) is 0 Å². The monoisotopic (exact) mass is 253 g/mol. The normalized spacial score (nSPS) is 10.6. The Bertz CT molecular complexity index is 576. The van der Waals surface area contributed by atoms with Gasteiger partial charge in [0, 0.05) is 6.08 Å². The van der Waals surface area contributed by atoms with Gasteiger partial charge in [-0.15, -0.1) is 0 Å². The van der Waals surface area contributed by atoms with Gasteiger partial charge in [-0.05, 0) is 28.8 Å². The SMILES string of the molecule is CONC(=O)/C=C/c1cccc(-c2ccccc2)c1. The fourth-order valence-electron chi connectivity index (χ4n) is 1.76. The average molecular weight is 253 g/mol. The fraction of sp³-hybridized carbons (Fsp3) is 0.0625. The van der Waals surface area contributed by atoms with Crippen LogP contribution in [-0.2, 0) is 9.63 Å². The molecule has 2 rings (SSSR count). The maximum Gasteiger partial charge on any atom is 0.267 e. The van der Waals surface area contributed by atoms with Gasteiger partial charge < -0.3 is 0 Å². The molecule has 0 unspecified atom stereocenters. The van der Waals surface area contributed by atoms with Crippen molar-refractivity contribution in [1.29, 1.82) is 0 Å². The molecular weight excluding hydrogens is 238 g/mol. The number of hydroxylamine groups is 1. The molecule has 0 atom stereocenters. The molecule has 1 amide bonds. The van der Waals surface area contributed by atoms with E-state index in [2.05, 4.69) is 22.5 Å². The van der Waals surface area contributed by atoms with Gasteiger partial charge in [0.15, 0.2) is 0 Å². The van der Waals surface area contributed by atoms with Crippen LogP contribution in [0, 0.1) is 0 Å². The summed E-state index contributed by atoms with van der Waals surface area (Å²) in [4.78, 5) is 15.8. The van der Waals surface area contributed by atoms with Crippen molar-refractivity contribution in [2.45, 2.75) is 0 Å². The van der Waals surface area contributed by atoms with Gasteiger partial charge in [0.1, 0.15) is 0 Å². The van der Waals surface area contributed by atoms with E-state index in [1.807, 2.05) is 42.5 Å². The largest absolute Gasteiger partial charge is 0.277 e. The molecule has 2 aromatic carbocycles. The summed E-state index contributed by atoms with van der Waals surface area (Å²) in [5, 5.41) is 0. The van der Waals surface area contributed by atoms with Crippen molar-refractivity contribution < 1.29 is 9.63 Å². The second-order valence-electron chi connectivity index (χ2n) is 4.00. The number of rotatable bonds is 4. The number of benzene rings is 2. The molecule has 0 fully saturated rings. The Hall–Kier alpha value is -2.39. The summed E-state index contributed by atoms with van der Waals surface area (Å²) in [6.45, 7) is 0. The van der Waals surface area contributed by atoms with E-state index in [1.54, 1.807) is 6.08 Å². The molecule has 0 saturated carbocycles. The van der Waals surface area contributed by atoms with E-state index in [9.17, 15) is 4.79 Å². The van der Waals surface area contributed by atoms with E-state index in [-0.39, 0.29) is 5.91 Å². The highest BCUT2D eigenvalue weighted by Gasteiger charge is 1.97. The lowest BCUT2D eigenvalue weighted by Gasteiger charge is -2.02. The zero-order valence-electron chi connectivity index (χ0n) is 10.7. The second kappa shape index (κ2) is 6.52. The quantitative estimate of drug-likeness (QED) is 0.672. The van der Waals surface area contributed by atoms with Crippen LogP contribution < -0.4 is 5.48 Å². The number of hydrogen-bond donors (Lipinski definition) is 1. The lowest BCUT2D eigenvalue weighted by Crippen LogP contribution is -2.18. The number of hydrogen-bond acceptors (Lipinski definition) is 2. The molecule has 3 heteroatoms. The van der Waals surface area contributed by atoms with Gasteiger partial charge >= 0.3 is 0 Å². The van der Waals surface area contributed by atoms with E-state index in [0.717, 1.165) is 16.7 Å². The summed E-state index contributed by atoms with van der Waals surface area (Å²) in [7, 11) is 1.40. The Morgan fingerprint density at radius 1 is 1.05 bits per heavy atom. The summed E-state index contributed by atoms with van der Waals surface area (Å²) in [5.74, 6) is -0.285. The van der Waals surface area contributed by atoms with Crippen molar-refractivity contribution >= 4 is 12.0 Å². The van der Waals surface area contributed by atoms with Crippen LogP contribution in [0.4, 0.5) is 0 Å². The molecule has 19 heavy (non-hydrogen) atoms. The summed E-state index contributed by atoms with van der Waals surface area (Å²) >= 11 is 0.